The molecule has 7 heteroatoms. The molecule has 0 aliphatic rings. The highest BCUT2D eigenvalue weighted by Gasteiger charge is 2.27. The van der Waals surface area contributed by atoms with Crippen LogP contribution in [0.15, 0.2) is 59.6 Å². The summed E-state index contributed by atoms with van der Waals surface area (Å²) < 4.78 is 7.10. The summed E-state index contributed by atoms with van der Waals surface area (Å²) in [4.78, 5) is 17.6. The van der Waals surface area contributed by atoms with Gasteiger partial charge >= 0.3 is 5.97 Å². The van der Waals surface area contributed by atoms with E-state index in [1.54, 1.807) is 13.1 Å². The molecule has 1 N–H and O–H groups in total. The number of esters is 1. The summed E-state index contributed by atoms with van der Waals surface area (Å²) in [6.45, 7) is 4.00. The van der Waals surface area contributed by atoms with E-state index in [2.05, 4.69) is 4.99 Å². The first-order valence-electron chi connectivity index (χ1n) is 9.25. The highest BCUT2D eigenvalue weighted by atomic mass is 32.1. The van der Waals surface area contributed by atoms with E-state index in [0.29, 0.717) is 15.3 Å². The molecule has 5 nitrogen and oxygen atoms in total. The minimum atomic E-state index is -0.748. The number of benzene rings is 2. The largest absolute Gasteiger partial charge is 0.493 e. The number of aryl methyl sites for hydroxylation is 1. The van der Waals surface area contributed by atoms with Crippen molar-refractivity contribution in [3.8, 4) is 5.88 Å². The van der Waals surface area contributed by atoms with Crippen LogP contribution in [0.5, 0.6) is 5.88 Å². The van der Waals surface area contributed by atoms with Gasteiger partial charge in [0.15, 0.2) is 3.95 Å². The summed E-state index contributed by atoms with van der Waals surface area (Å²) in [7, 11) is 0. The van der Waals surface area contributed by atoms with Gasteiger partial charge in [0.05, 0.1) is 18.5 Å². The molecule has 0 aliphatic carbocycles. The van der Waals surface area contributed by atoms with E-state index in [-0.39, 0.29) is 12.5 Å². The summed E-state index contributed by atoms with van der Waals surface area (Å²) in [5, 5.41) is 10.8. The van der Waals surface area contributed by atoms with Crippen molar-refractivity contribution in [2.24, 2.45) is 4.99 Å². The van der Waals surface area contributed by atoms with Crippen molar-refractivity contribution >= 4 is 41.4 Å². The zero-order valence-electron chi connectivity index (χ0n) is 16.2. The van der Waals surface area contributed by atoms with Crippen molar-refractivity contribution in [2.45, 2.75) is 26.3 Å². The van der Waals surface area contributed by atoms with Gasteiger partial charge in [0, 0.05) is 6.42 Å². The second kappa shape index (κ2) is 9.62. The first-order chi connectivity index (χ1) is 14.0. The third-order valence-electron chi connectivity index (χ3n) is 4.32. The number of aliphatic imine (C=N–C) groups is 1. The second-order valence-corrected chi connectivity index (χ2v) is 8.16. The van der Waals surface area contributed by atoms with E-state index in [0.717, 1.165) is 16.8 Å². The van der Waals surface area contributed by atoms with Crippen LogP contribution in [0.2, 0.25) is 0 Å². The molecule has 3 rings (SSSR count). The Kier molecular flexibility index (Phi) is 6.95. The quantitative estimate of drug-likeness (QED) is 0.312. The Balaban J connectivity index is 1.96. The van der Waals surface area contributed by atoms with E-state index < -0.39 is 12.0 Å². The van der Waals surface area contributed by atoms with Crippen LogP contribution in [0.4, 0.5) is 5.69 Å². The van der Waals surface area contributed by atoms with Gasteiger partial charge in [0.25, 0.3) is 0 Å². The Morgan fingerprint density at radius 2 is 2.03 bits per heavy atom. The lowest BCUT2D eigenvalue weighted by molar-refractivity contribution is -0.147. The molecule has 0 aliphatic heterocycles. The number of hydrogen-bond donors (Lipinski definition) is 1. The lowest BCUT2D eigenvalue weighted by Gasteiger charge is -2.18. The highest BCUT2D eigenvalue weighted by Crippen LogP contribution is 2.31. The molecule has 1 atom stereocenters. The Bertz CT molecular complexity index is 1070. The first kappa shape index (κ1) is 21.0. The maximum Gasteiger partial charge on any atom is 0.329 e. The molecule has 0 radical (unpaired) electrons. The summed E-state index contributed by atoms with van der Waals surface area (Å²) >= 11 is 6.67. The van der Waals surface area contributed by atoms with Crippen molar-refractivity contribution in [1.29, 1.82) is 0 Å². The van der Waals surface area contributed by atoms with Crippen LogP contribution >= 0.6 is 23.6 Å². The van der Waals surface area contributed by atoms with Gasteiger partial charge < -0.3 is 9.84 Å². The molecular weight excluding hydrogens is 404 g/mol. The maximum absolute atomic E-state index is 12.6. The zero-order valence-corrected chi connectivity index (χ0v) is 17.9. The number of hydrogen-bond acceptors (Lipinski definition) is 6. The van der Waals surface area contributed by atoms with Gasteiger partial charge in [-0.1, -0.05) is 53.8 Å². The fraction of sp³-hybridized carbons (Fsp3) is 0.227. The number of rotatable bonds is 7. The lowest BCUT2D eigenvalue weighted by atomic mass is 10.1. The molecule has 3 aromatic rings. The average Bonchev–Trinajstić information content (AvgIpc) is 2.99. The van der Waals surface area contributed by atoms with E-state index in [1.165, 1.54) is 15.9 Å². The predicted molar refractivity (Wildman–Crippen MR) is 119 cm³/mol. The van der Waals surface area contributed by atoms with Crippen molar-refractivity contribution < 1.29 is 14.6 Å². The molecule has 0 saturated carbocycles. The Morgan fingerprint density at radius 3 is 2.72 bits per heavy atom. The van der Waals surface area contributed by atoms with E-state index in [4.69, 9.17) is 17.0 Å². The highest BCUT2D eigenvalue weighted by molar-refractivity contribution is 7.73. The number of aromatic nitrogens is 1. The minimum Gasteiger partial charge on any atom is -0.493 e. The molecule has 150 valence electrons. The van der Waals surface area contributed by atoms with Gasteiger partial charge in [0.2, 0.25) is 5.88 Å². The normalized spacial score (nSPS) is 12.2. The SMILES string of the molecule is CCOC(=O)C(Cc1ccccc1)n1c(O)c(C=Nc2cccc(C)c2)sc1=S. The van der Waals surface area contributed by atoms with Crippen molar-refractivity contribution in [3.05, 3.63) is 74.6 Å². The predicted octanol–water partition coefficient (Wildman–Crippen LogP) is 5.39. The number of thiazole rings is 1. The van der Waals surface area contributed by atoms with Gasteiger partial charge in [-0.05, 0) is 49.3 Å². The average molecular weight is 427 g/mol. The Morgan fingerprint density at radius 1 is 1.28 bits per heavy atom. The van der Waals surface area contributed by atoms with Crippen LogP contribution < -0.4 is 0 Å². The van der Waals surface area contributed by atoms with Crippen molar-refractivity contribution in [2.75, 3.05) is 6.61 Å². The van der Waals surface area contributed by atoms with Gasteiger partial charge in [-0.15, -0.1) is 0 Å². The molecule has 1 heterocycles. The fourth-order valence-corrected chi connectivity index (χ4v) is 4.23. The van der Waals surface area contributed by atoms with E-state index in [9.17, 15) is 9.90 Å². The maximum atomic E-state index is 12.6. The summed E-state index contributed by atoms with van der Waals surface area (Å²) in [6, 6.07) is 16.6. The molecule has 2 aromatic carbocycles. The Labute approximate surface area is 178 Å². The smallest absolute Gasteiger partial charge is 0.329 e. The van der Waals surface area contributed by atoms with E-state index >= 15 is 0 Å². The van der Waals surface area contributed by atoms with Crippen molar-refractivity contribution in [3.63, 3.8) is 0 Å². The lowest BCUT2D eigenvalue weighted by Crippen LogP contribution is -2.24. The molecule has 1 unspecified atom stereocenters. The molecule has 0 amide bonds. The van der Waals surface area contributed by atoms with Crippen molar-refractivity contribution in [1.82, 2.24) is 4.57 Å². The zero-order chi connectivity index (χ0) is 20.8. The van der Waals surface area contributed by atoms with Gasteiger partial charge in [-0.3, -0.25) is 9.56 Å². The third kappa shape index (κ3) is 5.19. The van der Waals surface area contributed by atoms with Crippen LogP contribution in [-0.4, -0.2) is 28.5 Å². The van der Waals surface area contributed by atoms with Gasteiger partial charge in [-0.2, -0.15) is 0 Å². The van der Waals surface area contributed by atoms with Crippen LogP contribution in [0.25, 0.3) is 0 Å². The summed E-state index contributed by atoms with van der Waals surface area (Å²) in [6.07, 6.45) is 1.94. The molecule has 0 spiro atoms. The molecule has 29 heavy (non-hydrogen) atoms. The third-order valence-corrected chi connectivity index (χ3v) is 5.64. The fourth-order valence-electron chi connectivity index (χ4n) is 2.95. The molecule has 0 fully saturated rings. The van der Waals surface area contributed by atoms with E-state index in [1.807, 2.05) is 61.5 Å². The topological polar surface area (TPSA) is 63.8 Å². The Hall–Kier alpha value is -2.77. The molecule has 0 saturated heterocycles. The number of carbonyl (C=O) groups excluding carboxylic acids is 1. The van der Waals surface area contributed by atoms with Crippen LogP contribution in [0.1, 0.15) is 29.0 Å². The second-order valence-electron chi connectivity index (χ2n) is 6.48. The minimum absolute atomic E-state index is 0.0783. The molecule has 1 aromatic heterocycles. The van der Waals surface area contributed by atoms with Crippen LogP contribution in [0, 0.1) is 10.9 Å². The van der Waals surface area contributed by atoms with Crippen LogP contribution in [-0.2, 0) is 16.0 Å². The molecule has 0 bridgehead atoms. The molecular formula is C22H22N2O3S2. The number of nitrogens with zero attached hydrogens (tertiary/aromatic N) is 2. The summed E-state index contributed by atoms with van der Waals surface area (Å²) in [5.74, 6) is -0.506. The first-order valence-corrected chi connectivity index (χ1v) is 10.5. The monoisotopic (exact) mass is 426 g/mol. The standard InChI is InChI=1S/C22H22N2O3S2/c1-3-27-21(26)18(13-16-9-5-4-6-10-16)24-20(25)19(29-22(24)28)14-23-17-11-7-8-15(2)12-17/h4-12,14,18,25H,3,13H2,1-2H3. The van der Waals surface area contributed by atoms with Gasteiger partial charge in [0.1, 0.15) is 10.9 Å². The van der Waals surface area contributed by atoms with Crippen LogP contribution in [0.3, 0.4) is 0 Å². The number of aromatic hydroxyl groups is 1. The summed E-state index contributed by atoms with van der Waals surface area (Å²) in [5.41, 5.74) is 2.83. The van der Waals surface area contributed by atoms with Gasteiger partial charge in [-0.25, -0.2) is 4.79 Å². The number of carbonyl (C=O) groups is 1. The number of ether oxygens (including phenoxy) is 1.